The Morgan fingerprint density at radius 1 is 0.617 bits per heavy atom. The van der Waals surface area contributed by atoms with Crippen molar-refractivity contribution in [3.63, 3.8) is 0 Å². The number of thioether (sulfide) groups is 1. The lowest BCUT2D eigenvalue weighted by Gasteiger charge is -2.36. The molecular formula is C52H44N2O5S. The summed E-state index contributed by atoms with van der Waals surface area (Å²) >= 11 is 1.72. The fourth-order valence-corrected chi connectivity index (χ4v) is 9.72. The highest BCUT2D eigenvalue weighted by Gasteiger charge is 2.38. The fraction of sp³-hybridized carbons (Fsp3) is 0.135. The zero-order chi connectivity index (χ0) is 41.3. The summed E-state index contributed by atoms with van der Waals surface area (Å²) in [6.45, 7) is 0.353. The first-order valence-electron chi connectivity index (χ1n) is 20.0. The Bertz CT molecular complexity index is 2410. The van der Waals surface area contributed by atoms with Gasteiger partial charge in [-0.05, 0) is 68.8 Å². The van der Waals surface area contributed by atoms with Gasteiger partial charge in [0.25, 0.3) is 0 Å². The number of carbonyl (C=O) groups excluding carboxylic acids is 2. The van der Waals surface area contributed by atoms with Crippen molar-refractivity contribution in [1.82, 2.24) is 5.32 Å². The average molecular weight is 809 g/mol. The van der Waals surface area contributed by atoms with E-state index in [4.69, 9.17) is 4.74 Å². The molecule has 0 aliphatic heterocycles. The summed E-state index contributed by atoms with van der Waals surface area (Å²) in [6, 6.07) is 62.2. The van der Waals surface area contributed by atoms with Crippen LogP contribution in [0.2, 0.25) is 0 Å². The molecule has 1 aliphatic rings. The molecule has 0 saturated carbocycles. The van der Waals surface area contributed by atoms with Gasteiger partial charge >= 0.3 is 12.1 Å². The van der Waals surface area contributed by atoms with Gasteiger partial charge in [0.2, 0.25) is 5.91 Å². The average Bonchev–Trinajstić information content (AvgIpc) is 3.62. The summed E-state index contributed by atoms with van der Waals surface area (Å²) in [5.74, 6) is -1.08. The molecule has 0 heterocycles. The predicted octanol–water partition coefficient (Wildman–Crippen LogP) is 10.6. The van der Waals surface area contributed by atoms with E-state index in [0.717, 1.165) is 44.5 Å². The van der Waals surface area contributed by atoms with Gasteiger partial charge in [-0.15, -0.1) is 11.8 Å². The lowest BCUT2D eigenvalue weighted by molar-refractivity contribution is -0.120. The Hall–Kier alpha value is -6.90. The number of nitrogens with zero attached hydrogens (tertiary/aromatic N) is 1. The van der Waals surface area contributed by atoms with Gasteiger partial charge in [-0.2, -0.15) is 0 Å². The third kappa shape index (κ3) is 8.46. The minimum absolute atomic E-state index is 0.101. The van der Waals surface area contributed by atoms with Gasteiger partial charge in [-0.3, -0.25) is 4.79 Å². The first kappa shape index (κ1) is 39.9. The number of hydrogen-bond donors (Lipinski definition) is 2. The number of amides is 2. The van der Waals surface area contributed by atoms with Crippen molar-refractivity contribution in [2.75, 3.05) is 23.8 Å². The molecule has 1 aliphatic carbocycles. The minimum Gasteiger partial charge on any atom is -0.478 e. The Morgan fingerprint density at radius 2 is 1.08 bits per heavy atom. The van der Waals surface area contributed by atoms with E-state index in [1.54, 1.807) is 28.8 Å². The summed E-state index contributed by atoms with van der Waals surface area (Å²) in [4.78, 5) is 42.5. The second-order valence-corrected chi connectivity index (χ2v) is 16.0. The number of carboxylic acids is 1. The topological polar surface area (TPSA) is 95.9 Å². The van der Waals surface area contributed by atoms with Crippen molar-refractivity contribution in [2.24, 2.45) is 0 Å². The highest BCUT2D eigenvalue weighted by atomic mass is 32.2. The summed E-state index contributed by atoms with van der Waals surface area (Å²) in [7, 11) is 0. The van der Waals surface area contributed by atoms with Crippen LogP contribution < -0.4 is 10.2 Å². The van der Waals surface area contributed by atoms with E-state index in [1.165, 1.54) is 12.1 Å². The van der Waals surface area contributed by atoms with Crippen molar-refractivity contribution in [3.05, 3.63) is 233 Å². The van der Waals surface area contributed by atoms with E-state index in [0.29, 0.717) is 11.4 Å². The zero-order valence-corrected chi connectivity index (χ0v) is 33.7. The van der Waals surface area contributed by atoms with Crippen LogP contribution in [0.3, 0.4) is 0 Å². The molecule has 0 unspecified atom stereocenters. The summed E-state index contributed by atoms with van der Waals surface area (Å²) in [5, 5.41) is 12.7. The van der Waals surface area contributed by atoms with E-state index in [1.807, 2.05) is 109 Å². The lowest BCUT2D eigenvalue weighted by atomic mass is 9.84. The Balaban J connectivity index is 1.10. The van der Waals surface area contributed by atoms with Gasteiger partial charge < -0.3 is 20.1 Å². The maximum Gasteiger partial charge on any atom is 0.407 e. The van der Waals surface area contributed by atoms with Gasteiger partial charge in [0.15, 0.2) is 0 Å². The minimum atomic E-state index is -1.06. The SMILES string of the molecule is O=C(N[C@@H](Cc1ccccc1)C(=O)N(CCSC(c1ccccc1)(c1ccccc1)c1ccccc1)c1ccc(C(=O)O)cc1)OCC1c2ccccc2-c2ccccc21. The van der Waals surface area contributed by atoms with E-state index in [9.17, 15) is 14.7 Å². The van der Waals surface area contributed by atoms with Crippen LogP contribution in [0, 0.1) is 0 Å². The van der Waals surface area contributed by atoms with Gasteiger partial charge in [-0.1, -0.05) is 170 Å². The smallest absolute Gasteiger partial charge is 0.407 e. The van der Waals surface area contributed by atoms with Gasteiger partial charge in [-0.25, -0.2) is 9.59 Å². The molecule has 0 bridgehead atoms. The number of carbonyl (C=O) groups is 3. The van der Waals surface area contributed by atoms with Gasteiger partial charge in [0.1, 0.15) is 12.6 Å². The van der Waals surface area contributed by atoms with Crippen molar-refractivity contribution in [1.29, 1.82) is 0 Å². The van der Waals surface area contributed by atoms with Crippen LogP contribution in [0.15, 0.2) is 194 Å². The van der Waals surface area contributed by atoms with Crippen LogP contribution in [0.25, 0.3) is 11.1 Å². The first-order chi connectivity index (χ1) is 29.4. The van der Waals surface area contributed by atoms with Crippen LogP contribution in [0.4, 0.5) is 10.5 Å². The van der Waals surface area contributed by atoms with Crippen LogP contribution in [0.5, 0.6) is 0 Å². The van der Waals surface area contributed by atoms with E-state index < -0.39 is 22.9 Å². The van der Waals surface area contributed by atoms with Crippen LogP contribution in [0.1, 0.15) is 49.7 Å². The number of benzene rings is 7. The highest BCUT2D eigenvalue weighted by molar-refractivity contribution is 8.00. The monoisotopic (exact) mass is 808 g/mol. The maximum atomic E-state index is 15.1. The normalized spacial score (nSPS) is 12.5. The molecule has 8 heteroatoms. The van der Waals surface area contributed by atoms with Gasteiger partial charge in [0.05, 0.1) is 10.3 Å². The van der Waals surface area contributed by atoms with Crippen molar-refractivity contribution in [2.45, 2.75) is 23.1 Å². The molecule has 1 atom stereocenters. The second kappa shape index (κ2) is 18.4. The van der Waals surface area contributed by atoms with Crippen LogP contribution >= 0.6 is 11.8 Å². The molecule has 7 aromatic rings. The lowest BCUT2D eigenvalue weighted by Crippen LogP contribution is -2.51. The van der Waals surface area contributed by atoms with Crippen LogP contribution in [-0.4, -0.2) is 48.0 Å². The van der Waals surface area contributed by atoms with E-state index in [-0.39, 0.29) is 37.0 Å². The Morgan fingerprint density at radius 3 is 1.58 bits per heavy atom. The number of alkyl carbamates (subject to hydrolysis) is 1. The molecule has 7 aromatic carbocycles. The number of hydrogen-bond acceptors (Lipinski definition) is 5. The van der Waals surface area contributed by atoms with E-state index >= 15 is 4.79 Å². The molecule has 2 amide bonds. The van der Waals surface area contributed by atoms with Gasteiger partial charge in [0, 0.05) is 30.3 Å². The number of nitrogens with one attached hydrogen (secondary N) is 1. The standard InChI is InChI=1S/C52H44N2O5S/c55-49(48(35-37-17-5-1-6-18-37)53-51(58)59-36-47-45-27-15-13-25-43(45)44-26-14-16-28-46(44)47)54(42-31-29-38(30-32-42)50(56)57)33-34-60-52(39-19-7-2-8-20-39,40-21-9-3-10-22-40)41-23-11-4-12-24-41/h1-32,47-48H,33-36H2,(H,53,58)(H,56,57)/t48-/m0/s1. The largest absolute Gasteiger partial charge is 0.478 e. The molecule has 0 fully saturated rings. The third-order valence-corrected chi connectivity index (χ3v) is 12.6. The Kier molecular flexibility index (Phi) is 12.2. The van der Waals surface area contributed by atoms with Crippen molar-refractivity contribution in [3.8, 4) is 11.1 Å². The molecule has 0 radical (unpaired) electrons. The summed E-state index contributed by atoms with van der Waals surface area (Å²) in [6.07, 6.45) is -0.485. The number of carboxylic acid groups (broad SMARTS) is 1. The van der Waals surface area contributed by atoms with Crippen molar-refractivity contribution < 1.29 is 24.2 Å². The number of ether oxygens (including phenoxy) is 1. The molecule has 7 nitrogen and oxygen atoms in total. The molecule has 8 rings (SSSR count). The highest BCUT2D eigenvalue weighted by Crippen LogP contribution is 2.48. The summed E-state index contributed by atoms with van der Waals surface area (Å²) < 4.78 is 5.34. The maximum absolute atomic E-state index is 15.1. The number of aromatic carboxylic acids is 1. The van der Waals surface area contributed by atoms with Crippen LogP contribution in [-0.2, 0) is 20.7 Å². The zero-order valence-electron chi connectivity index (χ0n) is 32.9. The second-order valence-electron chi connectivity index (χ2n) is 14.7. The number of anilines is 1. The molecule has 2 N–H and O–H groups in total. The summed E-state index contributed by atoms with van der Waals surface area (Å²) in [5.41, 5.74) is 9.19. The molecular weight excluding hydrogens is 765 g/mol. The van der Waals surface area contributed by atoms with E-state index in [2.05, 4.69) is 66.0 Å². The fourth-order valence-electron chi connectivity index (χ4n) is 8.23. The number of rotatable bonds is 15. The molecule has 0 aromatic heterocycles. The Labute approximate surface area is 354 Å². The van der Waals surface area contributed by atoms with Crippen molar-refractivity contribution >= 4 is 35.4 Å². The molecule has 0 spiro atoms. The molecule has 298 valence electrons. The first-order valence-corrected chi connectivity index (χ1v) is 21.0. The quantitative estimate of drug-likeness (QED) is 0.100. The molecule has 0 saturated heterocycles. The third-order valence-electron chi connectivity index (χ3n) is 11.1. The molecule has 60 heavy (non-hydrogen) atoms. The number of fused-ring (bicyclic) bond motifs is 3. The predicted molar refractivity (Wildman–Crippen MR) is 240 cm³/mol.